The van der Waals surface area contributed by atoms with Gasteiger partial charge >= 0.3 is 0 Å². The van der Waals surface area contributed by atoms with E-state index in [1.807, 2.05) is 0 Å². The van der Waals surface area contributed by atoms with Crippen LogP contribution in [0.5, 0.6) is 0 Å². The molecule has 1 saturated carbocycles. The van der Waals surface area contributed by atoms with Gasteiger partial charge in [0.2, 0.25) is 5.95 Å². The Bertz CT molecular complexity index is 914. The molecule has 0 aromatic carbocycles. The summed E-state index contributed by atoms with van der Waals surface area (Å²) in [6.07, 6.45) is 9.22. The van der Waals surface area contributed by atoms with Crippen molar-refractivity contribution in [3.8, 4) is 0 Å². The Morgan fingerprint density at radius 2 is 1.97 bits per heavy atom. The van der Waals surface area contributed by atoms with Crippen molar-refractivity contribution >= 4 is 28.3 Å². The number of aliphatic hydroxyl groups excluding tert-OH is 1. The number of piperidine rings is 1. The Labute approximate surface area is 178 Å². The summed E-state index contributed by atoms with van der Waals surface area (Å²) in [5.41, 5.74) is 0.903. The minimum absolute atomic E-state index is 0.0779. The van der Waals surface area contributed by atoms with Crippen molar-refractivity contribution in [3.05, 3.63) is 28.9 Å². The average molecular weight is 436 g/mol. The largest absolute Gasteiger partial charge is 0.396 e. The summed E-state index contributed by atoms with van der Waals surface area (Å²) in [6, 6.07) is 0. The van der Waals surface area contributed by atoms with Crippen molar-refractivity contribution in [2.75, 3.05) is 30.3 Å². The Morgan fingerprint density at radius 1 is 1.24 bits per heavy atom. The van der Waals surface area contributed by atoms with Crippen LogP contribution in [-0.2, 0) is 23.8 Å². The summed E-state index contributed by atoms with van der Waals surface area (Å²) in [6.45, 7) is 2.63. The van der Waals surface area contributed by atoms with Crippen molar-refractivity contribution in [1.82, 2.24) is 19.5 Å². The number of aliphatic hydroxyl groups is 1. The van der Waals surface area contributed by atoms with E-state index in [4.69, 9.17) is 16.6 Å². The van der Waals surface area contributed by atoms with Crippen LogP contribution in [0.2, 0.25) is 5.02 Å². The fourth-order valence-corrected chi connectivity index (χ4v) is 6.28. The predicted octanol–water partition coefficient (Wildman–Crippen LogP) is 2.54. The summed E-state index contributed by atoms with van der Waals surface area (Å²) in [5.74, 6) is 2.77. The van der Waals surface area contributed by atoms with E-state index in [0.29, 0.717) is 23.2 Å². The highest BCUT2D eigenvalue weighted by Crippen LogP contribution is 2.44. The second kappa shape index (κ2) is 7.63. The first-order valence-corrected chi connectivity index (χ1v) is 12.1. The number of imidazole rings is 1. The molecule has 29 heavy (non-hydrogen) atoms. The minimum atomic E-state index is -0.987. The predicted molar refractivity (Wildman–Crippen MR) is 112 cm³/mol. The van der Waals surface area contributed by atoms with Crippen LogP contribution in [-0.4, -0.2) is 54.3 Å². The van der Waals surface area contributed by atoms with Crippen LogP contribution in [0.3, 0.4) is 0 Å². The van der Waals surface area contributed by atoms with Crippen LogP contribution in [0, 0.1) is 5.41 Å². The second-order valence-corrected chi connectivity index (χ2v) is 10.5. The lowest BCUT2D eigenvalue weighted by molar-refractivity contribution is 0.0258. The molecular weight excluding hydrogens is 410 g/mol. The fourth-order valence-electron chi connectivity index (χ4n) is 4.81. The molecule has 5 rings (SSSR count). The van der Waals surface area contributed by atoms with E-state index in [1.54, 1.807) is 12.4 Å². The maximum Gasteiger partial charge on any atom is 0.206 e. The number of hydrogen-bond acceptors (Lipinski definition) is 6. The first-order valence-electron chi connectivity index (χ1n) is 10.4. The summed E-state index contributed by atoms with van der Waals surface area (Å²) in [7, 11) is -0.987. The van der Waals surface area contributed by atoms with Gasteiger partial charge in [0.15, 0.2) is 0 Å². The van der Waals surface area contributed by atoms with Crippen molar-refractivity contribution in [2.45, 2.75) is 56.0 Å². The van der Waals surface area contributed by atoms with Crippen LogP contribution >= 0.6 is 11.6 Å². The number of fused-ring (bicyclic) bond motifs is 1. The average Bonchev–Trinajstić information content (AvgIpc) is 3.25. The molecule has 3 aliphatic rings. The van der Waals surface area contributed by atoms with E-state index in [-0.39, 0.29) is 12.0 Å². The van der Waals surface area contributed by atoms with Crippen molar-refractivity contribution in [3.63, 3.8) is 0 Å². The third-order valence-electron chi connectivity index (χ3n) is 6.73. The van der Waals surface area contributed by atoms with Gasteiger partial charge in [0, 0.05) is 55.5 Å². The second-order valence-electron chi connectivity index (χ2n) is 8.58. The normalized spacial score (nSPS) is 23.8. The Kier molecular flexibility index (Phi) is 5.12. The van der Waals surface area contributed by atoms with E-state index < -0.39 is 10.8 Å². The highest BCUT2D eigenvalue weighted by Gasteiger charge is 2.40. The van der Waals surface area contributed by atoms with Crippen molar-refractivity contribution in [2.24, 2.45) is 5.41 Å². The van der Waals surface area contributed by atoms with Gasteiger partial charge in [0.25, 0.3) is 0 Å². The molecule has 4 heterocycles. The van der Waals surface area contributed by atoms with Crippen LogP contribution in [0.1, 0.15) is 49.5 Å². The lowest BCUT2D eigenvalue weighted by atomic mass is 9.69. The Balaban J connectivity index is 1.38. The number of nitrogens with zero attached hydrogens (tertiary/aromatic N) is 5. The van der Waals surface area contributed by atoms with E-state index in [1.165, 1.54) is 0 Å². The van der Waals surface area contributed by atoms with Crippen LogP contribution < -0.4 is 4.90 Å². The molecule has 2 aromatic rings. The molecule has 156 valence electrons. The zero-order chi connectivity index (χ0) is 20.0. The lowest BCUT2D eigenvalue weighted by Gasteiger charge is -2.42. The number of anilines is 1. The van der Waals surface area contributed by atoms with Crippen LogP contribution in [0.4, 0.5) is 5.95 Å². The molecule has 1 aliphatic carbocycles. The number of halogens is 1. The summed E-state index contributed by atoms with van der Waals surface area (Å²) in [5, 5.41) is 11.4. The topological polar surface area (TPSA) is 84.1 Å². The van der Waals surface area contributed by atoms with Crippen LogP contribution in [0.25, 0.3) is 0 Å². The van der Waals surface area contributed by atoms with Gasteiger partial charge in [-0.2, -0.15) is 0 Å². The smallest absolute Gasteiger partial charge is 0.206 e. The molecule has 1 N–H and O–H groups in total. The molecule has 2 fully saturated rings. The highest BCUT2D eigenvalue weighted by molar-refractivity contribution is 7.85. The number of rotatable bonds is 5. The van der Waals surface area contributed by atoms with E-state index in [9.17, 15) is 9.32 Å². The Morgan fingerprint density at radius 3 is 2.59 bits per heavy atom. The monoisotopic (exact) mass is 435 g/mol. The molecular formula is C20H26ClN5O2S. The molecule has 0 unspecified atom stereocenters. The summed E-state index contributed by atoms with van der Waals surface area (Å²) in [4.78, 5) is 16.0. The van der Waals surface area contributed by atoms with Gasteiger partial charge in [-0.1, -0.05) is 18.0 Å². The molecule has 0 radical (unpaired) electrons. The van der Waals surface area contributed by atoms with Gasteiger partial charge in [-0.15, -0.1) is 0 Å². The van der Waals surface area contributed by atoms with Gasteiger partial charge in [-0.05, 0) is 25.7 Å². The first kappa shape index (κ1) is 19.5. The van der Waals surface area contributed by atoms with E-state index in [0.717, 1.165) is 74.1 Å². The van der Waals surface area contributed by atoms with Gasteiger partial charge in [0.05, 0.1) is 28.1 Å². The van der Waals surface area contributed by atoms with Gasteiger partial charge in [-0.25, -0.2) is 15.0 Å². The Hall–Kier alpha value is -1.51. The molecule has 2 aromatic heterocycles. The molecule has 2 aliphatic heterocycles. The summed E-state index contributed by atoms with van der Waals surface area (Å²) >= 11 is 5.91. The number of hydrogen-bond donors (Lipinski definition) is 1. The zero-order valence-electron chi connectivity index (χ0n) is 16.4. The maximum absolute atomic E-state index is 12.7. The van der Waals surface area contributed by atoms with Gasteiger partial charge in [-0.3, -0.25) is 4.21 Å². The lowest BCUT2D eigenvalue weighted by Crippen LogP contribution is -2.40. The quantitative estimate of drug-likeness (QED) is 0.776. The van der Waals surface area contributed by atoms with Crippen molar-refractivity contribution in [1.29, 1.82) is 0 Å². The molecule has 0 bridgehead atoms. The molecule has 7 nitrogen and oxygen atoms in total. The maximum atomic E-state index is 12.7. The molecule has 0 spiro atoms. The van der Waals surface area contributed by atoms with Gasteiger partial charge < -0.3 is 14.6 Å². The fraction of sp³-hybridized carbons (Fsp3) is 0.650. The SMILES string of the molecule is O=[S@@]1CCc2nc(N3CCC(c4ncc(Cl)cn4)CC3)n(CC3(CO)CCC3)c21. The molecule has 0 amide bonds. The van der Waals surface area contributed by atoms with Crippen LogP contribution in [0.15, 0.2) is 17.4 Å². The minimum Gasteiger partial charge on any atom is -0.396 e. The van der Waals surface area contributed by atoms with E-state index in [2.05, 4.69) is 19.4 Å². The number of aromatic nitrogens is 4. The highest BCUT2D eigenvalue weighted by atomic mass is 35.5. The van der Waals surface area contributed by atoms with Crippen molar-refractivity contribution < 1.29 is 9.32 Å². The third kappa shape index (κ3) is 3.49. The molecule has 9 heteroatoms. The zero-order valence-corrected chi connectivity index (χ0v) is 18.0. The van der Waals surface area contributed by atoms with Gasteiger partial charge in [0.1, 0.15) is 10.9 Å². The standard InChI is InChI=1S/C20H26ClN5O2S/c21-15-10-22-17(23-11-15)14-2-7-25(8-3-14)19-24-16-4-9-29(28)18(16)26(19)12-20(13-27)5-1-6-20/h10-11,14,27H,1-9,12-13H2/t29-/m1/s1. The third-order valence-corrected chi connectivity index (χ3v) is 8.39. The number of aryl methyl sites for hydroxylation is 1. The summed E-state index contributed by atoms with van der Waals surface area (Å²) < 4.78 is 14.8. The molecule has 1 atom stereocenters. The first-order chi connectivity index (χ1) is 14.1. The van der Waals surface area contributed by atoms with E-state index >= 15 is 0 Å². The molecule has 1 saturated heterocycles.